The van der Waals surface area contributed by atoms with Crippen LogP contribution >= 0.6 is 11.6 Å². The Hall–Kier alpha value is -1.20. The molecular formula is C15H19ClN2. The van der Waals surface area contributed by atoms with E-state index in [2.05, 4.69) is 11.4 Å². The maximum absolute atomic E-state index is 8.82. The van der Waals surface area contributed by atoms with Gasteiger partial charge >= 0.3 is 0 Å². The van der Waals surface area contributed by atoms with Gasteiger partial charge in [0.2, 0.25) is 0 Å². The standard InChI is InChI=1S/C15H19ClN2/c16-15-9-14(8-7-13(15)10-17)18-11-12-5-3-1-2-4-6-12/h7-9,12,18H,1-6,11H2. The van der Waals surface area contributed by atoms with E-state index in [0.717, 1.165) is 18.2 Å². The van der Waals surface area contributed by atoms with Gasteiger partial charge in [-0.25, -0.2) is 0 Å². The van der Waals surface area contributed by atoms with E-state index < -0.39 is 0 Å². The van der Waals surface area contributed by atoms with Crippen molar-refractivity contribution in [1.29, 1.82) is 5.26 Å². The largest absolute Gasteiger partial charge is 0.385 e. The van der Waals surface area contributed by atoms with Crippen molar-refractivity contribution >= 4 is 17.3 Å². The van der Waals surface area contributed by atoms with E-state index in [4.69, 9.17) is 16.9 Å². The van der Waals surface area contributed by atoms with Gasteiger partial charge in [0, 0.05) is 12.2 Å². The van der Waals surface area contributed by atoms with Crippen molar-refractivity contribution < 1.29 is 0 Å². The molecule has 0 unspecified atom stereocenters. The lowest BCUT2D eigenvalue weighted by atomic mass is 10.0. The van der Waals surface area contributed by atoms with Crippen LogP contribution in [0.4, 0.5) is 5.69 Å². The molecule has 18 heavy (non-hydrogen) atoms. The van der Waals surface area contributed by atoms with Crippen LogP contribution in [0.5, 0.6) is 0 Å². The molecule has 1 aromatic carbocycles. The molecule has 2 nitrogen and oxygen atoms in total. The summed E-state index contributed by atoms with van der Waals surface area (Å²) in [5.74, 6) is 0.780. The van der Waals surface area contributed by atoms with Gasteiger partial charge in [-0.15, -0.1) is 0 Å². The Morgan fingerprint density at radius 1 is 1.22 bits per heavy atom. The lowest BCUT2D eigenvalue weighted by Gasteiger charge is -2.16. The van der Waals surface area contributed by atoms with E-state index in [1.54, 1.807) is 6.07 Å². The van der Waals surface area contributed by atoms with Gasteiger partial charge in [-0.05, 0) is 37.0 Å². The second-order valence-electron chi connectivity index (χ2n) is 5.04. The third kappa shape index (κ3) is 3.65. The predicted molar refractivity (Wildman–Crippen MR) is 75.8 cm³/mol. The Labute approximate surface area is 114 Å². The zero-order chi connectivity index (χ0) is 12.8. The molecule has 1 fully saturated rings. The summed E-state index contributed by atoms with van der Waals surface area (Å²) in [6.07, 6.45) is 8.16. The minimum Gasteiger partial charge on any atom is -0.385 e. The number of rotatable bonds is 3. The van der Waals surface area contributed by atoms with Crippen LogP contribution in [0.15, 0.2) is 18.2 Å². The highest BCUT2D eigenvalue weighted by Crippen LogP contribution is 2.24. The Morgan fingerprint density at radius 2 is 1.94 bits per heavy atom. The number of benzene rings is 1. The lowest BCUT2D eigenvalue weighted by Crippen LogP contribution is -2.13. The zero-order valence-electron chi connectivity index (χ0n) is 10.6. The Kier molecular flexibility index (Phi) is 4.90. The van der Waals surface area contributed by atoms with Crippen molar-refractivity contribution in [3.63, 3.8) is 0 Å². The maximum Gasteiger partial charge on any atom is 0.101 e. The highest BCUT2D eigenvalue weighted by molar-refractivity contribution is 6.32. The van der Waals surface area contributed by atoms with E-state index in [0.29, 0.717) is 10.6 Å². The molecule has 96 valence electrons. The summed E-state index contributed by atoms with van der Waals surface area (Å²) < 4.78 is 0. The molecule has 1 aliphatic carbocycles. The summed E-state index contributed by atoms with van der Waals surface area (Å²) in [4.78, 5) is 0. The summed E-state index contributed by atoms with van der Waals surface area (Å²) in [7, 11) is 0. The van der Waals surface area contributed by atoms with E-state index in [1.165, 1.54) is 38.5 Å². The Bertz CT molecular complexity index is 429. The van der Waals surface area contributed by atoms with Crippen LogP contribution < -0.4 is 5.32 Å². The SMILES string of the molecule is N#Cc1ccc(NCC2CCCCCC2)cc1Cl. The van der Waals surface area contributed by atoms with Gasteiger partial charge in [-0.3, -0.25) is 0 Å². The number of nitrogens with zero attached hydrogens (tertiary/aromatic N) is 1. The van der Waals surface area contributed by atoms with Gasteiger partial charge in [0.25, 0.3) is 0 Å². The molecule has 0 bridgehead atoms. The number of nitriles is 1. The Balaban J connectivity index is 1.89. The van der Waals surface area contributed by atoms with Crippen molar-refractivity contribution in [1.82, 2.24) is 0 Å². The molecule has 2 rings (SSSR count). The van der Waals surface area contributed by atoms with Crippen molar-refractivity contribution in [3.05, 3.63) is 28.8 Å². The average Bonchev–Trinajstić information content (AvgIpc) is 2.65. The second kappa shape index (κ2) is 6.66. The summed E-state index contributed by atoms with van der Waals surface area (Å²) in [5, 5.41) is 12.8. The van der Waals surface area contributed by atoms with E-state index in [1.807, 2.05) is 12.1 Å². The highest BCUT2D eigenvalue weighted by atomic mass is 35.5. The molecule has 0 aliphatic heterocycles. The topological polar surface area (TPSA) is 35.8 Å². The van der Waals surface area contributed by atoms with Gasteiger partial charge < -0.3 is 5.32 Å². The fourth-order valence-electron chi connectivity index (χ4n) is 2.55. The first-order chi connectivity index (χ1) is 8.79. The van der Waals surface area contributed by atoms with Gasteiger partial charge in [0.15, 0.2) is 0 Å². The fraction of sp³-hybridized carbons (Fsp3) is 0.533. The second-order valence-corrected chi connectivity index (χ2v) is 5.45. The van der Waals surface area contributed by atoms with Gasteiger partial charge in [0.1, 0.15) is 6.07 Å². The molecule has 0 amide bonds. The summed E-state index contributed by atoms with van der Waals surface area (Å²) >= 11 is 6.01. The monoisotopic (exact) mass is 262 g/mol. The van der Waals surface area contributed by atoms with E-state index in [-0.39, 0.29) is 0 Å². The molecule has 0 heterocycles. The van der Waals surface area contributed by atoms with Crippen molar-refractivity contribution in [3.8, 4) is 6.07 Å². The van der Waals surface area contributed by atoms with Gasteiger partial charge in [-0.2, -0.15) is 5.26 Å². The van der Waals surface area contributed by atoms with Crippen LogP contribution in [0, 0.1) is 17.2 Å². The average molecular weight is 263 g/mol. The molecule has 0 saturated heterocycles. The van der Waals surface area contributed by atoms with Crippen LogP contribution in [-0.4, -0.2) is 6.54 Å². The van der Waals surface area contributed by atoms with Gasteiger partial charge in [-0.1, -0.05) is 37.3 Å². The molecule has 0 radical (unpaired) electrons. The maximum atomic E-state index is 8.82. The third-order valence-corrected chi connectivity index (χ3v) is 3.97. The predicted octanol–water partition coefficient (Wildman–Crippen LogP) is 4.59. The zero-order valence-corrected chi connectivity index (χ0v) is 11.3. The van der Waals surface area contributed by atoms with Crippen LogP contribution in [0.1, 0.15) is 44.1 Å². The summed E-state index contributed by atoms with van der Waals surface area (Å²) in [6, 6.07) is 7.63. The smallest absolute Gasteiger partial charge is 0.101 e. The first-order valence-electron chi connectivity index (χ1n) is 6.73. The van der Waals surface area contributed by atoms with Crippen molar-refractivity contribution in [2.24, 2.45) is 5.92 Å². The van der Waals surface area contributed by atoms with E-state index >= 15 is 0 Å². The molecule has 0 atom stereocenters. The quantitative estimate of drug-likeness (QED) is 0.809. The van der Waals surface area contributed by atoms with Crippen molar-refractivity contribution in [2.75, 3.05) is 11.9 Å². The van der Waals surface area contributed by atoms with Gasteiger partial charge in [0.05, 0.1) is 10.6 Å². The third-order valence-electron chi connectivity index (χ3n) is 3.66. The normalized spacial score (nSPS) is 16.9. The molecular weight excluding hydrogens is 244 g/mol. The molecule has 1 N–H and O–H groups in total. The summed E-state index contributed by atoms with van der Waals surface area (Å²) in [6.45, 7) is 1.02. The molecule has 0 aromatic heterocycles. The van der Waals surface area contributed by atoms with Crippen LogP contribution in [0.25, 0.3) is 0 Å². The molecule has 1 saturated carbocycles. The van der Waals surface area contributed by atoms with Crippen molar-refractivity contribution in [2.45, 2.75) is 38.5 Å². The number of nitrogens with one attached hydrogen (secondary N) is 1. The minimum atomic E-state index is 0.531. The number of anilines is 1. The molecule has 1 aromatic rings. The van der Waals surface area contributed by atoms with Crippen LogP contribution in [0.3, 0.4) is 0 Å². The van der Waals surface area contributed by atoms with E-state index in [9.17, 15) is 0 Å². The molecule has 1 aliphatic rings. The highest BCUT2D eigenvalue weighted by Gasteiger charge is 2.12. The fourth-order valence-corrected chi connectivity index (χ4v) is 2.77. The summed E-state index contributed by atoms with van der Waals surface area (Å²) in [5.41, 5.74) is 1.56. The van der Waals surface area contributed by atoms with Crippen LogP contribution in [-0.2, 0) is 0 Å². The number of hydrogen-bond acceptors (Lipinski definition) is 2. The number of hydrogen-bond donors (Lipinski definition) is 1. The number of halogens is 1. The molecule has 3 heteroatoms. The Morgan fingerprint density at radius 3 is 2.56 bits per heavy atom. The lowest BCUT2D eigenvalue weighted by molar-refractivity contribution is 0.483. The molecule has 0 spiro atoms. The first-order valence-corrected chi connectivity index (χ1v) is 7.11. The van der Waals surface area contributed by atoms with Crippen LogP contribution in [0.2, 0.25) is 5.02 Å². The first kappa shape index (κ1) is 13.2. The minimum absolute atomic E-state index is 0.531.